The van der Waals surface area contributed by atoms with Gasteiger partial charge in [-0.2, -0.15) is 0 Å². The highest BCUT2D eigenvalue weighted by Gasteiger charge is 2.38. The average Bonchev–Trinajstić information content (AvgIpc) is 2.43. The summed E-state index contributed by atoms with van der Waals surface area (Å²) in [6.07, 6.45) is 0.973. The van der Waals surface area contributed by atoms with Crippen LogP contribution in [0.1, 0.15) is 41.0 Å². The maximum atomic E-state index is 11.8. The van der Waals surface area contributed by atoms with Gasteiger partial charge in [0.1, 0.15) is 0 Å². The standard InChI is InChI=1S/C12H24N2O2/c1-9-12(5,6-7-16-9)14-10(15)8-13-11(2,3)4/h9,13H,6-8H2,1-5H3,(H,14,15). The van der Waals surface area contributed by atoms with E-state index in [4.69, 9.17) is 4.74 Å². The number of hydrogen-bond acceptors (Lipinski definition) is 3. The monoisotopic (exact) mass is 228 g/mol. The third-order valence-electron chi connectivity index (χ3n) is 3.09. The SMILES string of the molecule is CC1OCCC1(C)NC(=O)CNC(C)(C)C. The number of amides is 1. The first kappa shape index (κ1) is 13.5. The molecule has 2 atom stereocenters. The molecule has 4 nitrogen and oxygen atoms in total. The van der Waals surface area contributed by atoms with Gasteiger partial charge in [-0.25, -0.2) is 0 Å². The largest absolute Gasteiger partial charge is 0.376 e. The summed E-state index contributed by atoms with van der Waals surface area (Å²) in [5.41, 5.74) is -0.243. The van der Waals surface area contributed by atoms with Crippen LogP contribution in [-0.4, -0.2) is 36.2 Å². The molecule has 0 aliphatic carbocycles. The summed E-state index contributed by atoms with van der Waals surface area (Å²) in [4.78, 5) is 11.8. The Bertz CT molecular complexity index is 260. The Morgan fingerprint density at radius 1 is 1.50 bits per heavy atom. The maximum absolute atomic E-state index is 11.8. The van der Waals surface area contributed by atoms with Crippen molar-refractivity contribution in [2.45, 2.75) is 58.2 Å². The molecule has 1 amide bonds. The molecule has 2 unspecified atom stereocenters. The van der Waals surface area contributed by atoms with Crippen LogP contribution in [0.25, 0.3) is 0 Å². The minimum absolute atomic E-state index is 0.0317. The van der Waals surface area contributed by atoms with Crippen LogP contribution in [0.5, 0.6) is 0 Å². The number of rotatable bonds is 3. The third kappa shape index (κ3) is 3.76. The van der Waals surface area contributed by atoms with Gasteiger partial charge in [-0.05, 0) is 41.0 Å². The van der Waals surface area contributed by atoms with E-state index in [1.54, 1.807) is 0 Å². The van der Waals surface area contributed by atoms with Crippen LogP contribution in [0, 0.1) is 0 Å². The van der Waals surface area contributed by atoms with Gasteiger partial charge in [0.25, 0.3) is 0 Å². The predicted octanol–water partition coefficient (Wildman–Crippen LogP) is 1.06. The number of carbonyl (C=O) groups is 1. The second-order valence-electron chi connectivity index (χ2n) is 5.83. The van der Waals surface area contributed by atoms with Crippen LogP contribution in [0.2, 0.25) is 0 Å². The Morgan fingerprint density at radius 2 is 2.12 bits per heavy atom. The van der Waals surface area contributed by atoms with E-state index in [-0.39, 0.29) is 23.1 Å². The molecule has 1 aliphatic heterocycles. The molecular weight excluding hydrogens is 204 g/mol. The summed E-state index contributed by atoms with van der Waals surface area (Å²) in [5, 5.41) is 6.23. The molecule has 0 radical (unpaired) electrons. The molecule has 1 saturated heterocycles. The molecular formula is C12H24N2O2. The lowest BCUT2D eigenvalue weighted by molar-refractivity contribution is -0.122. The number of nitrogens with one attached hydrogen (secondary N) is 2. The van der Waals surface area contributed by atoms with Gasteiger partial charge in [0, 0.05) is 12.1 Å². The van der Waals surface area contributed by atoms with Crippen molar-refractivity contribution in [2.75, 3.05) is 13.2 Å². The fourth-order valence-electron chi connectivity index (χ4n) is 1.71. The van der Waals surface area contributed by atoms with Gasteiger partial charge in [-0.15, -0.1) is 0 Å². The van der Waals surface area contributed by atoms with E-state index in [1.165, 1.54) is 0 Å². The molecule has 0 bridgehead atoms. The first-order valence-corrected chi connectivity index (χ1v) is 5.91. The third-order valence-corrected chi connectivity index (χ3v) is 3.09. The first-order chi connectivity index (χ1) is 7.23. The van der Waals surface area contributed by atoms with E-state index < -0.39 is 0 Å². The molecule has 0 aromatic heterocycles. The smallest absolute Gasteiger partial charge is 0.234 e. The first-order valence-electron chi connectivity index (χ1n) is 5.91. The zero-order chi connectivity index (χ0) is 12.4. The second-order valence-corrected chi connectivity index (χ2v) is 5.83. The van der Waals surface area contributed by atoms with Gasteiger partial charge in [-0.1, -0.05) is 0 Å². The van der Waals surface area contributed by atoms with Gasteiger partial charge in [0.05, 0.1) is 18.2 Å². The van der Waals surface area contributed by atoms with Gasteiger partial charge < -0.3 is 15.4 Å². The van der Waals surface area contributed by atoms with Crippen molar-refractivity contribution in [2.24, 2.45) is 0 Å². The Labute approximate surface area is 98.1 Å². The van der Waals surface area contributed by atoms with Gasteiger partial charge in [0.15, 0.2) is 0 Å². The Kier molecular flexibility index (Phi) is 3.97. The van der Waals surface area contributed by atoms with Crippen LogP contribution in [0.4, 0.5) is 0 Å². The number of hydrogen-bond donors (Lipinski definition) is 2. The molecule has 1 fully saturated rings. The summed E-state index contributed by atoms with van der Waals surface area (Å²) in [7, 11) is 0. The van der Waals surface area contributed by atoms with E-state index in [1.807, 2.05) is 34.6 Å². The fourth-order valence-corrected chi connectivity index (χ4v) is 1.71. The lowest BCUT2D eigenvalue weighted by atomic mass is 9.94. The van der Waals surface area contributed by atoms with Crippen molar-refractivity contribution in [3.63, 3.8) is 0 Å². The molecule has 1 heterocycles. The summed E-state index contributed by atoms with van der Waals surface area (Å²) in [6, 6.07) is 0. The van der Waals surface area contributed by atoms with Gasteiger partial charge in [0.2, 0.25) is 5.91 Å². The highest BCUT2D eigenvalue weighted by molar-refractivity contribution is 5.79. The fraction of sp³-hybridized carbons (Fsp3) is 0.917. The minimum atomic E-state index is -0.212. The van der Waals surface area contributed by atoms with Crippen LogP contribution in [0.15, 0.2) is 0 Å². The number of ether oxygens (including phenoxy) is 1. The highest BCUT2D eigenvalue weighted by Crippen LogP contribution is 2.24. The molecule has 94 valence electrons. The molecule has 0 spiro atoms. The molecule has 2 N–H and O–H groups in total. The summed E-state index contributed by atoms with van der Waals surface area (Å²) in [5.74, 6) is 0.0368. The normalized spacial score (nSPS) is 30.4. The van der Waals surface area contributed by atoms with Crippen molar-refractivity contribution in [3.05, 3.63) is 0 Å². The second kappa shape index (κ2) is 4.72. The van der Waals surface area contributed by atoms with Crippen molar-refractivity contribution in [1.82, 2.24) is 10.6 Å². The minimum Gasteiger partial charge on any atom is -0.376 e. The van der Waals surface area contributed by atoms with Crippen molar-refractivity contribution < 1.29 is 9.53 Å². The molecule has 4 heteroatoms. The Balaban J connectivity index is 2.39. The lowest BCUT2D eigenvalue weighted by Gasteiger charge is -2.30. The van der Waals surface area contributed by atoms with Crippen LogP contribution >= 0.6 is 0 Å². The van der Waals surface area contributed by atoms with E-state index in [9.17, 15) is 4.79 Å². The summed E-state index contributed by atoms with van der Waals surface area (Å²) in [6.45, 7) is 11.3. The van der Waals surface area contributed by atoms with Crippen LogP contribution in [0.3, 0.4) is 0 Å². The predicted molar refractivity (Wildman–Crippen MR) is 64.3 cm³/mol. The van der Waals surface area contributed by atoms with Crippen LogP contribution in [-0.2, 0) is 9.53 Å². The summed E-state index contributed by atoms with van der Waals surface area (Å²) >= 11 is 0. The number of carbonyl (C=O) groups excluding carboxylic acids is 1. The molecule has 1 aliphatic rings. The molecule has 16 heavy (non-hydrogen) atoms. The summed E-state index contributed by atoms with van der Waals surface area (Å²) < 4.78 is 5.48. The van der Waals surface area contributed by atoms with Gasteiger partial charge >= 0.3 is 0 Å². The topological polar surface area (TPSA) is 50.4 Å². The molecule has 1 rings (SSSR count). The van der Waals surface area contributed by atoms with Gasteiger partial charge in [-0.3, -0.25) is 4.79 Å². The van der Waals surface area contributed by atoms with E-state index in [0.29, 0.717) is 6.54 Å². The maximum Gasteiger partial charge on any atom is 0.234 e. The zero-order valence-corrected chi connectivity index (χ0v) is 11.0. The quantitative estimate of drug-likeness (QED) is 0.759. The average molecular weight is 228 g/mol. The zero-order valence-electron chi connectivity index (χ0n) is 11.0. The Morgan fingerprint density at radius 3 is 2.56 bits per heavy atom. The Hall–Kier alpha value is -0.610. The van der Waals surface area contributed by atoms with Crippen molar-refractivity contribution >= 4 is 5.91 Å². The molecule has 0 aromatic carbocycles. The van der Waals surface area contributed by atoms with Crippen molar-refractivity contribution in [1.29, 1.82) is 0 Å². The molecule has 0 aromatic rings. The molecule has 0 saturated carbocycles. The highest BCUT2D eigenvalue weighted by atomic mass is 16.5. The van der Waals surface area contributed by atoms with E-state index >= 15 is 0 Å². The van der Waals surface area contributed by atoms with E-state index in [2.05, 4.69) is 10.6 Å². The van der Waals surface area contributed by atoms with E-state index in [0.717, 1.165) is 13.0 Å². The van der Waals surface area contributed by atoms with Crippen molar-refractivity contribution in [3.8, 4) is 0 Å². The van der Waals surface area contributed by atoms with Crippen LogP contribution < -0.4 is 10.6 Å². The lowest BCUT2D eigenvalue weighted by Crippen LogP contribution is -2.54.